The Morgan fingerprint density at radius 2 is 2.11 bits per heavy atom. The molecule has 0 bridgehead atoms. The molecule has 0 heterocycles. The lowest BCUT2D eigenvalue weighted by molar-refractivity contribution is -0.0525. The predicted octanol–water partition coefficient (Wildman–Crippen LogP) is -1.02. The van der Waals surface area contributed by atoms with Crippen LogP contribution in [0.2, 0.25) is 0 Å². The first-order valence-corrected chi connectivity index (χ1v) is 2.95. The smallest absolute Gasteiger partial charge is 0.169 e. The third kappa shape index (κ3) is 4.35. The van der Waals surface area contributed by atoms with Gasteiger partial charge in [0.15, 0.2) is 5.85 Å². The second-order valence-corrected chi connectivity index (χ2v) is 1.88. The van der Waals surface area contributed by atoms with E-state index < -0.39 is 5.85 Å². The number of nitrogens with two attached hydrogens (primary N) is 2. The highest BCUT2D eigenvalue weighted by molar-refractivity contribution is 4.59. The largest absolute Gasteiger partial charge is 0.394 e. The number of hydrogen-bond acceptors (Lipinski definition) is 4. The Morgan fingerprint density at radius 3 is 2.44 bits per heavy atom. The minimum atomic E-state index is -1.07. The van der Waals surface area contributed by atoms with Crippen LogP contribution >= 0.6 is 0 Å². The Labute approximate surface area is 54.8 Å². The number of aliphatic hydroxyl groups excluding tert-OH is 1. The second kappa shape index (κ2) is 3.79. The van der Waals surface area contributed by atoms with Crippen molar-refractivity contribution in [1.29, 1.82) is 0 Å². The van der Waals surface area contributed by atoms with Gasteiger partial charge < -0.3 is 9.84 Å². The monoisotopic (exact) mass is 134 g/mol. The van der Waals surface area contributed by atoms with Crippen molar-refractivity contribution >= 4 is 0 Å². The molecule has 56 valence electrons. The molecule has 0 amide bonds. The van der Waals surface area contributed by atoms with Crippen molar-refractivity contribution in [2.24, 2.45) is 11.5 Å². The van der Waals surface area contributed by atoms with Gasteiger partial charge in [0.05, 0.1) is 13.2 Å². The molecule has 0 unspecified atom stereocenters. The fourth-order valence-electron chi connectivity index (χ4n) is 0.338. The van der Waals surface area contributed by atoms with Gasteiger partial charge in [0.1, 0.15) is 0 Å². The maximum Gasteiger partial charge on any atom is 0.169 e. The number of hydrogen-bond donors (Lipinski definition) is 3. The van der Waals surface area contributed by atoms with Crippen LogP contribution in [0.5, 0.6) is 0 Å². The first-order chi connectivity index (χ1) is 4.12. The number of rotatable bonds is 4. The lowest BCUT2D eigenvalue weighted by Crippen LogP contribution is -2.51. The van der Waals surface area contributed by atoms with Crippen molar-refractivity contribution < 1.29 is 9.84 Å². The molecule has 4 heteroatoms. The van der Waals surface area contributed by atoms with E-state index in [2.05, 4.69) is 0 Å². The molecule has 5 N–H and O–H groups in total. The Hall–Kier alpha value is -0.160. The zero-order valence-electron chi connectivity index (χ0n) is 5.63. The molecule has 0 aromatic carbocycles. The first kappa shape index (κ1) is 8.84. The molecule has 0 aliphatic carbocycles. The van der Waals surface area contributed by atoms with Crippen LogP contribution < -0.4 is 11.5 Å². The third-order valence-electron chi connectivity index (χ3n) is 1.01. The minimum Gasteiger partial charge on any atom is -0.394 e. The summed E-state index contributed by atoms with van der Waals surface area (Å²) in [6.07, 6.45) is 0.535. The van der Waals surface area contributed by atoms with Gasteiger partial charge in [-0.15, -0.1) is 0 Å². The van der Waals surface area contributed by atoms with Crippen molar-refractivity contribution in [3.63, 3.8) is 0 Å². The van der Waals surface area contributed by atoms with Gasteiger partial charge in [-0.25, -0.2) is 0 Å². The van der Waals surface area contributed by atoms with Gasteiger partial charge in [0, 0.05) is 6.42 Å². The van der Waals surface area contributed by atoms with Gasteiger partial charge in [0.2, 0.25) is 0 Å². The number of ether oxygens (including phenoxy) is 1. The predicted molar refractivity (Wildman–Crippen MR) is 34.4 cm³/mol. The summed E-state index contributed by atoms with van der Waals surface area (Å²) in [6, 6.07) is 0. The standard InChI is InChI=1S/C5H14N2O2/c1-2-5(6,7)9-4-3-8/h8H,2-4,6-7H2,1H3. The van der Waals surface area contributed by atoms with E-state index in [-0.39, 0.29) is 13.2 Å². The lowest BCUT2D eigenvalue weighted by atomic mass is 10.3. The Balaban J connectivity index is 3.33. The van der Waals surface area contributed by atoms with Crippen LogP contribution in [0.4, 0.5) is 0 Å². The summed E-state index contributed by atoms with van der Waals surface area (Å²) in [5.74, 6) is -1.07. The van der Waals surface area contributed by atoms with Gasteiger partial charge in [-0.1, -0.05) is 6.92 Å². The molecule has 0 atom stereocenters. The van der Waals surface area contributed by atoms with Gasteiger partial charge in [-0.05, 0) is 0 Å². The average Bonchev–Trinajstić information content (AvgIpc) is 1.84. The summed E-state index contributed by atoms with van der Waals surface area (Å²) in [7, 11) is 0. The fourth-order valence-corrected chi connectivity index (χ4v) is 0.338. The molecule has 0 aliphatic rings. The van der Waals surface area contributed by atoms with E-state index in [9.17, 15) is 0 Å². The molecule has 0 fully saturated rings. The third-order valence-corrected chi connectivity index (χ3v) is 1.01. The summed E-state index contributed by atoms with van der Waals surface area (Å²) in [5, 5.41) is 8.29. The zero-order valence-corrected chi connectivity index (χ0v) is 5.63. The maximum absolute atomic E-state index is 8.29. The summed E-state index contributed by atoms with van der Waals surface area (Å²) >= 11 is 0. The highest BCUT2D eigenvalue weighted by Gasteiger charge is 2.14. The van der Waals surface area contributed by atoms with E-state index in [1.54, 1.807) is 0 Å². The molecule has 9 heavy (non-hydrogen) atoms. The van der Waals surface area contributed by atoms with E-state index in [0.717, 1.165) is 0 Å². The molecular formula is C5H14N2O2. The first-order valence-electron chi connectivity index (χ1n) is 2.95. The van der Waals surface area contributed by atoms with Crippen LogP contribution in [0, 0.1) is 0 Å². The molecule has 4 nitrogen and oxygen atoms in total. The van der Waals surface area contributed by atoms with Gasteiger partial charge in [-0.2, -0.15) is 0 Å². The SMILES string of the molecule is CCC(N)(N)OCCO. The van der Waals surface area contributed by atoms with E-state index >= 15 is 0 Å². The topological polar surface area (TPSA) is 81.5 Å². The van der Waals surface area contributed by atoms with Crippen molar-refractivity contribution in [3.8, 4) is 0 Å². The van der Waals surface area contributed by atoms with E-state index in [4.69, 9.17) is 21.3 Å². The molecule has 0 aromatic heterocycles. The highest BCUT2D eigenvalue weighted by atomic mass is 16.5. The molecule has 0 saturated carbocycles. The Morgan fingerprint density at radius 1 is 1.56 bits per heavy atom. The summed E-state index contributed by atoms with van der Waals surface area (Å²) in [6.45, 7) is 1.97. The average molecular weight is 134 g/mol. The number of aliphatic hydroxyl groups is 1. The van der Waals surface area contributed by atoms with Gasteiger partial charge in [0.25, 0.3) is 0 Å². The van der Waals surface area contributed by atoms with Crippen LogP contribution in [0.15, 0.2) is 0 Å². The van der Waals surface area contributed by atoms with E-state index in [1.165, 1.54) is 0 Å². The summed E-state index contributed by atoms with van der Waals surface area (Å²) in [4.78, 5) is 0. The van der Waals surface area contributed by atoms with Crippen LogP contribution in [0.1, 0.15) is 13.3 Å². The molecule has 0 saturated heterocycles. The van der Waals surface area contributed by atoms with Crippen LogP contribution in [-0.4, -0.2) is 24.2 Å². The van der Waals surface area contributed by atoms with Gasteiger partial charge >= 0.3 is 0 Å². The van der Waals surface area contributed by atoms with Crippen LogP contribution in [0.25, 0.3) is 0 Å². The Kier molecular flexibility index (Phi) is 3.72. The van der Waals surface area contributed by atoms with Crippen molar-refractivity contribution in [3.05, 3.63) is 0 Å². The Bertz CT molecular complexity index is 75.4. The molecular weight excluding hydrogens is 120 g/mol. The maximum atomic E-state index is 8.29. The molecule has 0 radical (unpaired) electrons. The van der Waals surface area contributed by atoms with E-state index in [1.807, 2.05) is 6.92 Å². The highest BCUT2D eigenvalue weighted by Crippen LogP contribution is 1.97. The summed E-state index contributed by atoms with van der Waals surface area (Å²) in [5.41, 5.74) is 10.7. The normalized spacial score (nSPS) is 12.0. The minimum absolute atomic E-state index is 0.0455. The second-order valence-electron chi connectivity index (χ2n) is 1.88. The molecule has 0 aliphatic heterocycles. The molecule has 0 aromatic rings. The van der Waals surface area contributed by atoms with Crippen molar-refractivity contribution in [1.82, 2.24) is 0 Å². The van der Waals surface area contributed by atoms with Crippen LogP contribution in [0.3, 0.4) is 0 Å². The lowest BCUT2D eigenvalue weighted by Gasteiger charge is -2.22. The zero-order chi connectivity index (χ0) is 7.33. The van der Waals surface area contributed by atoms with Gasteiger partial charge in [-0.3, -0.25) is 11.5 Å². The van der Waals surface area contributed by atoms with Crippen LogP contribution in [-0.2, 0) is 4.74 Å². The summed E-state index contributed by atoms with van der Waals surface area (Å²) < 4.78 is 4.83. The fraction of sp³-hybridized carbons (Fsp3) is 1.00. The molecule has 0 rings (SSSR count). The van der Waals surface area contributed by atoms with E-state index in [0.29, 0.717) is 6.42 Å². The molecule has 0 spiro atoms. The quantitative estimate of drug-likeness (QED) is 0.430. The van der Waals surface area contributed by atoms with Crippen molar-refractivity contribution in [2.45, 2.75) is 19.2 Å². The van der Waals surface area contributed by atoms with Crippen molar-refractivity contribution in [2.75, 3.05) is 13.2 Å².